The fourth-order valence-corrected chi connectivity index (χ4v) is 6.19. The summed E-state index contributed by atoms with van der Waals surface area (Å²) in [5.41, 5.74) is 4.48. The molecular weight excluding hydrogens is 318 g/mol. The summed E-state index contributed by atoms with van der Waals surface area (Å²) in [6, 6.07) is 0. The zero-order valence-electron chi connectivity index (χ0n) is 12.2. The number of sulfonamides is 1. The van der Waals surface area contributed by atoms with Crippen LogP contribution in [-0.4, -0.2) is 50.2 Å². The molecule has 1 aliphatic heterocycles. The van der Waals surface area contributed by atoms with Gasteiger partial charge in [0.25, 0.3) is 0 Å². The number of sulfone groups is 1. The molecule has 0 atom stereocenters. The van der Waals surface area contributed by atoms with Crippen LogP contribution in [0.4, 0.5) is 0 Å². The first-order valence-corrected chi connectivity index (χ1v) is 10.2. The van der Waals surface area contributed by atoms with E-state index in [9.17, 15) is 16.8 Å². The number of nitrogens with two attached hydrogens (primary N) is 1. The van der Waals surface area contributed by atoms with E-state index < -0.39 is 30.6 Å². The standard InChI is InChI=1S/C11H23N3O5S2/c1-3-11(4-2,10(12)13-15)14-21(18,19)9-5-7-20(16,17)8-6-9/h9,14-15H,3-8H2,1-2H3,(H2,12,13). The van der Waals surface area contributed by atoms with E-state index >= 15 is 0 Å². The molecule has 0 spiro atoms. The summed E-state index contributed by atoms with van der Waals surface area (Å²) in [4.78, 5) is 0. The summed E-state index contributed by atoms with van der Waals surface area (Å²) in [6.07, 6.45) is 0.780. The van der Waals surface area contributed by atoms with E-state index in [2.05, 4.69) is 9.88 Å². The molecule has 124 valence electrons. The van der Waals surface area contributed by atoms with Gasteiger partial charge in [0.15, 0.2) is 5.84 Å². The largest absolute Gasteiger partial charge is 0.409 e. The molecule has 0 radical (unpaired) electrons. The molecule has 0 aliphatic carbocycles. The van der Waals surface area contributed by atoms with Crippen LogP contribution in [0.1, 0.15) is 39.5 Å². The zero-order chi connectivity index (χ0) is 16.3. The highest BCUT2D eigenvalue weighted by molar-refractivity contribution is 7.92. The second-order valence-electron chi connectivity index (χ2n) is 5.27. The van der Waals surface area contributed by atoms with Gasteiger partial charge in [-0.05, 0) is 25.7 Å². The maximum Gasteiger partial charge on any atom is 0.215 e. The molecule has 1 heterocycles. The lowest BCUT2D eigenvalue weighted by molar-refractivity contribution is 0.307. The van der Waals surface area contributed by atoms with Crippen molar-refractivity contribution < 1.29 is 22.0 Å². The average molecular weight is 341 g/mol. The Hall–Kier alpha value is -0.870. The molecular formula is C11H23N3O5S2. The molecule has 1 saturated heterocycles. The molecule has 0 saturated carbocycles. The van der Waals surface area contributed by atoms with Crippen molar-refractivity contribution >= 4 is 25.7 Å². The summed E-state index contributed by atoms with van der Waals surface area (Å²) in [5.74, 6) is -0.458. The molecule has 4 N–H and O–H groups in total. The van der Waals surface area contributed by atoms with Crippen molar-refractivity contribution in [2.24, 2.45) is 10.9 Å². The summed E-state index contributed by atoms with van der Waals surface area (Å²) >= 11 is 0. The topological polar surface area (TPSA) is 139 Å². The molecule has 0 bridgehead atoms. The number of oxime groups is 1. The normalized spacial score (nSPS) is 21.3. The smallest absolute Gasteiger partial charge is 0.215 e. The minimum Gasteiger partial charge on any atom is -0.409 e. The molecule has 21 heavy (non-hydrogen) atoms. The number of nitrogens with zero attached hydrogens (tertiary/aromatic N) is 1. The van der Waals surface area contributed by atoms with Gasteiger partial charge >= 0.3 is 0 Å². The number of nitrogens with one attached hydrogen (secondary N) is 1. The molecule has 0 aromatic carbocycles. The van der Waals surface area contributed by atoms with Crippen LogP contribution >= 0.6 is 0 Å². The van der Waals surface area contributed by atoms with Crippen molar-refractivity contribution in [1.29, 1.82) is 0 Å². The van der Waals surface area contributed by atoms with Gasteiger partial charge in [-0.2, -0.15) is 0 Å². The van der Waals surface area contributed by atoms with Gasteiger partial charge in [-0.15, -0.1) is 0 Å². The molecule has 1 aliphatic rings. The van der Waals surface area contributed by atoms with E-state index in [0.717, 1.165) is 0 Å². The van der Waals surface area contributed by atoms with Crippen molar-refractivity contribution in [3.05, 3.63) is 0 Å². The quantitative estimate of drug-likeness (QED) is 0.264. The van der Waals surface area contributed by atoms with Crippen LogP contribution in [0.2, 0.25) is 0 Å². The van der Waals surface area contributed by atoms with Crippen molar-refractivity contribution in [3.8, 4) is 0 Å². The van der Waals surface area contributed by atoms with Crippen LogP contribution in [0, 0.1) is 0 Å². The predicted molar refractivity (Wildman–Crippen MR) is 80.5 cm³/mol. The highest BCUT2D eigenvalue weighted by Gasteiger charge is 2.40. The van der Waals surface area contributed by atoms with E-state index in [1.54, 1.807) is 13.8 Å². The van der Waals surface area contributed by atoms with Crippen molar-refractivity contribution in [2.45, 2.75) is 50.3 Å². The van der Waals surface area contributed by atoms with Crippen LogP contribution in [0.15, 0.2) is 5.16 Å². The fraction of sp³-hybridized carbons (Fsp3) is 0.909. The lowest BCUT2D eigenvalue weighted by Crippen LogP contribution is -2.59. The lowest BCUT2D eigenvalue weighted by Gasteiger charge is -2.33. The number of hydrogen-bond donors (Lipinski definition) is 3. The van der Waals surface area contributed by atoms with E-state index in [-0.39, 0.29) is 30.2 Å². The third kappa shape index (κ3) is 4.07. The van der Waals surface area contributed by atoms with Gasteiger partial charge in [0.2, 0.25) is 10.0 Å². The van der Waals surface area contributed by atoms with Gasteiger partial charge in [-0.1, -0.05) is 19.0 Å². The Balaban J connectivity index is 2.98. The van der Waals surface area contributed by atoms with Gasteiger partial charge in [-0.25, -0.2) is 21.6 Å². The lowest BCUT2D eigenvalue weighted by atomic mass is 9.93. The second kappa shape index (κ2) is 6.49. The maximum absolute atomic E-state index is 12.5. The Morgan fingerprint density at radius 1 is 1.33 bits per heavy atom. The highest BCUT2D eigenvalue weighted by atomic mass is 32.2. The fourth-order valence-electron chi connectivity index (χ4n) is 2.44. The van der Waals surface area contributed by atoms with Gasteiger partial charge in [0.05, 0.1) is 22.3 Å². The molecule has 0 amide bonds. The SMILES string of the molecule is CCC(CC)(NS(=O)(=O)C1CCS(=O)(=O)CC1)C(N)=NO. The number of rotatable bonds is 6. The monoisotopic (exact) mass is 341 g/mol. The van der Waals surface area contributed by atoms with Crippen LogP contribution in [0.3, 0.4) is 0 Å². The first kappa shape index (κ1) is 18.2. The van der Waals surface area contributed by atoms with Crippen molar-refractivity contribution in [1.82, 2.24) is 4.72 Å². The molecule has 1 fully saturated rings. The Kier molecular flexibility index (Phi) is 5.62. The Labute approximate surface area is 125 Å². The van der Waals surface area contributed by atoms with Crippen LogP contribution in [0.5, 0.6) is 0 Å². The van der Waals surface area contributed by atoms with E-state index in [0.29, 0.717) is 12.8 Å². The summed E-state index contributed by atoms with van der Waals surface area (Å²) in [7, 11) is -6.89. The van der Waals surface area contributed by atoms with Crippen molar-refractivity contribution in [3.63, 3.8) is 0 Å². The minimum atomic E-state index is -3.76. The Bertz CT molecular complexity index is 579. The minimum absolute atomic E-state index is 0.0668. The van der Waals surface area contributed by atoms with Crippen LogP contribution < -0.4 is 10.5 Å². The molecule has 1 rings (SSSR count). The first-order chi connectivity index (χ1) is 9.62. The number of hydrogen-bond acceptors (Lipinski definition) is 6. The molecule has 10 heteroatoms. The van der Waals surface area contributed by atoms with Gasteiger partial charge in [0, 0.05) is 0 Å². The predicted octanol–water partition coefficient (Wildman–Crippen LogP) is -0.212. The second-order valence-corrected chi connectivity index (χ2v) is 9.54. The average Bonchev–Trinajstić information content (AvgIpc) is 2.43. The maximum atomic E-state index is 12.5. The Morgan fingerprint density at radius 3 is 2.19 bits per heavy atom. The van der Waals surface area contributed by atoms with E-state index in [1.165, 1.54) is 0 Å². The van der Waals surface area contributed by atoms with Crippen molar-refractivity contribution in [2.75, 3.05) is 11.5 Å². The van der Waals surface area contributed by atoms with Gasteiger partial charge in [0.1, 0.15) is 9.84 Å². The van der Waals surface area contributed by atoms with E-state index in [1.807, 2.05) is 0 Å². The molecule has 0 aromatic rings. The van der Waals surface area contributed by atoms with Crippen LogP contribution in [0.25, 0.3) is 0 Å². The summed E-state index contributed by atoms with van der Waals surface area (Å²) in [5, 5.41) is 11.0. The Morgan fingerprint density at radius 2 is 1.81 bits per heavy atom. The third-order valence-electron chi connectivity index (χ3n) is 4.08. The molecule has 8 nitrogen and oxygen atoms in total. The number of amidine groups is 1. The highest BCUT2D eigenvalue weighted by Crippen LogP contribution is 2.23. The van der Waals surface area contributed by atoms with Crippen LogP contribution in [-0.2, 0) is 19.9 Å². The van der Waals surface area contributed by atoms with Gasteiger partial charge in [-0.3, -0.25) is 0 Å². The van der Waals surface area contributed by atoms with Gasteiger partial charge < -0.3 is 10.9 Å². The first-order valence-electron chi connectivity index (χ1n) is 6.83. The zero-order valence-corrected chi connectivity index (χ0v) is 13.9. The third-order valence-corrected chi connectivity index (χ3v) is 7.82. The molecule has 0 aromatic heterocycles. The summed E-state index contributed by atoms with van der Waals surface area (Å²) in [6.45, 7) is 3.46. The molecule has 0 unspecified atom stereocenters. The summed E-state index contributed by atoms with van der Waals surface area (Å²) < 4.78 is 50.2. The van der Waals surface area contributed by atoms with E-state index in [4.69, 9.17) is 10.9 Å².